The SMILES string of the molecule is CNC(=O)CNC(=O)C1CCCN(C2=NS(=O)(=O)c3ccccc32)C1. The van der Waals surface area contributed by atoms with Gasteiger partial charge in [-0.3, -0.25) is 9.59 Å². The van der Waals surface area contributed by atoms with Crippen molar-refractivity contribution in [1.82, 2.24) is 15.5 Å². The first kappa shape index (κ1) is 17.4. The van der Waals surface area contributed by atoms with E-state index in [0.29, 0.717) is 30.9 Å². The van der Waals surface area contributed by atoms with Gasteiger partial charge < -0.3 is 15.5 Å². The number of rotatable bonds is 3. The Morgan fingerprint density at radius 1 is 1.32 bits per heavy atom. The maximum atomic E-state index is 12.3. The number of benzene rings is 1. The van der Waals surface area contributed by atoms with E-state index in [1.54, 1.807) is 24.3 Å². The lowest BCUT2D eigenvalue weighted by atomic mass is 9.96. The summed E-state index contributed by atoms with van der Waals surface area (Å²) < 4.78 is 28.3. The van der Waals surface area contributed by atoms with Crippen LogP contribution in [0.25, 0.3) is 0 Å². The molecule has 1 aromatic rings. The fourth-order valence-electron chi connectivity index (χ4n) is 3.10. The van der Waals surface area contributed by atoms with Gasteiger partial charge >= 0.3 is 0 Å². The first-order valence-corrected chi connectivity index (χ1v) is 9.54. The van der Waals surface area contributed by atoms with Crippen LogP contribution in [-0.4, -0.2) is 57.6 Å². The molecule has 1 saturated heterocycles. The predicted molar refractivity (Wildman–Crippen MR) is 91.5 cm³/mol. The van der Waals surface area contributed by atoms with E-state index < -0.39 is 10.0 Å². The summed E-state index contributed by atoms with van der Waals surface area (Å²) in [6.45, 7) is 0.953. The highest BCUT2D eigenvalue weighted by atomic mass is 32.2. The fraction of sp³-hybridized carbons (Fsp3) is 0.438. The summed E-state index contributed by atoms with van der Waals surface area (Å²) in [5, 5.41) is 5.06. The van der Waals surface area contributed by atoms with Gasteiger partial charge in [0.2, 0.25) is 11.8 Å². The number of amides is 2. The second kappa shape index (κ2) is 6.83. The summed E-state index contributed by atoms with van der Waals surface area (Å²) in [6, 6.07) is 6.71. The molecule has 0 saturated carbocycles. The van der Waals surface area contributed by atoms with E-state index in [0.717, 1.165) is 6.42 Å². The number of piperidine rings is 1. The van der Waals surface area contributed by atoms with Crippen LogP contribution in [0.3, 0.4) is 0 Å². The summed E-state index contributed by atoms with van der Waals surface area (Å²) >= 11 is 0. The van der Waals surface area contributed by atoms with Gasteiger partial charge in [-0.15, -0.1) is 4.40 Å². The minimum Gasteiger partial charge on any atom is -0.358 e. The molecular formula is C16H20N4O4S. The number of nitrogens with one attached hydrogen (secondary N) is 2. The normalized spacial score (nSPS) is 21.2. The molecule has 0 bridgehead atoms. The topological polar surface area (TPSA) is 108 Å². The lowest BCUT2D eigenvalue weighted by molar-refractivity contribution is -0.129. The van der Waals surface area contributed by atoms with Gasteiger partial charge in [-0.1, -0.05) is 12.1 Å². The van der Waals surface area contributed by atoms with Gasteiger partial charge in [0.05, 0.1) is 12.5 Å². The maximum Gasteiger partial charge on any atom is 0.285 e. The first-order valence-electron chi connectivity index (χ1n) is 8.10. The molecular weight excluding hydrogens is 344 g/mol. The van der Waals surface area contributed by atoms with Crippen molar-refractivity contribution < 1.29 is 18.0 Å². The lowest BCUT2D eigenvalue weighted by Gasteiger charge is -2.33. The zero-order valence-corrected chi connectivity index (χ0v) is 14.7. The van der Waals surface area contributed by atoms with Crippen LogP contribution >= 0.6 is 0 Å². The number of amidine groups is 1. The van der Waals surface area contributed by atoms with Crippen LogP contribution in [0.1, 0.15) is 18.4 Å². The largest absolute Gasteiger partial charge is 0.358 e. The summed E-state index contributed by atoms with van der Waals surface area (Å²) in [5.41, 5.74) is 0.578. The molecule has 0 radical (unpaired) electrons. The Hall–Kier alpha value is -2.42. The van der Waals surface area contributed by atoms with E-state index in [9.17, 15) is 18.0 Å². The average Bonchev–Trinajstić information content (AvgIpc) is 2.91. The molecule has 2 aliphatic heterocycles. The molecule has 0 aromatic heterocycles. The van der Waals surface area contributed by atoms with Crippen molar-refractivity contribution in [2.24, 2.45) is 10.3 Å². The monoisotopic (exact) mass is 364 g/mol. The summed E-state index contributed by atoms with van der Waals surface area (Å²) in [5.74, 6) is -0.375. The van der Waals surface area contributed by atoms with E-state index in [-0.39, 0.29) is 29.2 Å². The molecule has 1 atom stereocenters. The highest BCUT2D eigenvalue weighted by Crippen LogP contribution is 2.29. The smallest absolute Gasteiger partial charge is 0.285 e. The third-order valence-electron chi connectivity index (χ3n) is 4.41. The summed E-state index contributed by atoms with van der Waals surface area (Å²) in [6.07, 6.45) is 1.44. The predicted octanol–water partition coefficient (Wildman–Crippen LogP) is -0.290. The van der Waals surface area contributed by atoms with Crippen LogP contribution < -0.4 is 10.6 Å². The molecule has 0 aliphatic carbocycles. The van der Waals surface area contributed by atoms with Crippen molar-refractivity contribution in [1.29, 1.82) is 0 Å². The maximum absolute atomic E-state index is 12.3. The third-order valence-corrected chi connectivity index (χ3v) is 5.73. The molecule has 1 fully saturated rings. The van der Waals surface area contributed by atoms with Crippen molar-refractivity contribution in [3.8, 4) is 0 Å². The van der Waals surface area contributed by atoms with Gasteiger partial charge in [0.15, 0.2) is 5.84 Å². The Balaban J connectivity index is 1.74. The number of fused-ring (bicyclic) bond motifs is 1. The molecule has 8 nitrogen and oxygen atoms in total. The third kappa shape index (κ3) is 3.51. The number of likely N-dealkylation sites (N-methyl/N-ethyl adjacent to an activating group) is 1. The number of carbonyl (C=O) groups is 2. The van der Waals surface area contributed by atoms with Crippen LogP contribution in [0.4, 0.5) is 0 Å². The molecule has 3 rings (SSSR count). The molecule has 1 unspecified atom stereocenters. The minimum absolute atomic E-state index is 0.0655. The zero-order chi connectivity index (χ0) is 18.0. The van der Waals surface area contributed by atoms with E-state index >= 15 is 0 Å². The number of likely N-dealkylation sites (tertiary alicyclic amines) is 1. The van der Waals surface area contributed by atoms with E-state index in [4.69, 9.17) is 0 Å². The molecule has 9 heteroatoms. The number of nitrogens with zero attached hydrogens (tertiary/aromatic N) is 2. The van der Waals surface area contributed by atoms with Crippen LogP contribution in [0.5, 0.6) is 0 Å². The van der Waals surface area contributed by atoms with Crippen molar-refractivity contribution in [3.05, 3.63) is 29.8 Å². The number of hydrogen-bond acceptors (Lipinski definition) is 5. The average molecular weight is 364 g/mol. The van der Waals surface area contributed by atoms with Gasteiger partial charge in [-0.05, 0) is 25.0 Å². The summed E-state index contributed by atoms with van der Waals surface area (Å²) in [7, 11) is -2.17. The van der Waals surface area contributed by atoms with Gasteiger partial charge in [-0.2, -0.15) is 8.42 Å². The van der Waals surface area contributed by atoms with E-state index in [1.165, 1.54) is 7.05 Å². The van der Waals surface area contributed by atoms with Crippen molar-refractivity contribution in [2.45, 2.75) is 17.7 Å². The Labute approximate surface area is 146 Å². The number of sulfonamides is 1. The fourth-order valence-corrected chi connectivity index (χ4v) is 4.33. The highest BCUT2D eigenvalue weighted by Gasteiger charge is 2.35. The molecule has 2 amide bonds. The van der Waals surface area contributed by atoms with Crippen molar-refractivity contribution in [2.75, 3.05) is 26.7 Å². The molecule has 2 N–H and O–H groups in total. The quantitative estimate of drug-likeness (QED) is 0.766. The zero-order valence-electron chi connectivity index (χ0n) is 13.9. The standard InChI is InChI=1S/C16H20N4O4S/c1-17-14(21)9-18-16(22)11-5-4-8-20(10-11)15-12-6-2-3-7-13(12)25(23,24)19-15/h2-3,6-7,11H,4-5,8-10H2,1H3,(H,17,21)(H,18,22). The molecule has 134 valence electrons. The number of hydrogen-bond donors (Lipinski definition) is 2. The molecule has 2 heterocycles. The number of carbonyl (C=O) groups excluding carboxylic acids is 2. The summed E-state index contributed by atoms with van der Waals surface area (Å²) in [4.78, 5) is 25.6. The molecule has 1 aromatic carbocycles. The first-order chi connectivity index (χ1) is 11.9. The van der Waals surface area contributed by atoms with Gasteiger partial charge in [-0.25, -0.2) is 0 Å². The van der Waals surface area contributed by atoms with E-state index in [2.05, 4.69) is 15.0 Å². The van der Waals surface area contributed by atoms with E-state index in [1.807, 2.05) is 4.90 Å². The Morgan fingerprint density at radius 2 is 2.08 bits per heavy atom. The van der Waals surface area contributed by atoms with Crippen molar-refractivity contribution in [3.63, 3.8) is 0 Å². The lowest BCUT2D eigenvalue weighted by Crippen LogP contribution is -2.47. The van der Waals surface area contributed by atoms with Crippen LogP contribution in [0.15, 0.2) is 33.6 Å². The molecule has 2 aliphatic rings. The second-order valence-electron chi connectivity index (χ2n) is 6.06. The van der Waals surface area contributed by atoms with Gasteiger partial charge in [0, 0.05) is 25.7 Å². The van der Waals surface area contributed by atoms with Crippen LogP contribution in [-0.2, 0) is 19.6 Å². The van der Waals surface area contributed by atoms with Crippen LogP contribution in [0, 0.1) is 5.92 Å². The highest BCUT2D eigenvalue weighted by molar-refractivity contribution is 7.90. The molecule has 0 spiro atoms. The van der Waals surface area contributed by atoms with Gasteiger partial charge in [0.25, 0.3) is 10.0 Å². The second-order valence-corrected chi connectivity index (χ2v) is 7.63. The Bertz CT molecular complexity index is 834. The van der Waals surface area contributed by atoms with Crippen molar-refractivity contribution >= 4 is 27.7 Å². The van der Waals surface area contributed by atoms with Crippen LogP contribution in [0.2, 0.25) is 0 Å². The molecule has 25 heavy (non-hydrogen) atoms. The minimum atomic E-state index is -3.67. The van der Waals surface area contributed by atoms with Gasteiger partial charge in [0.1, 0.15) is 4.90 Å². The Morgan fingerprint density at radius 3 is 2.84 bits per heavy atom. The Kier molecular flexibility index (Phi) is 4.76.